The second-order valence-electron chi connectivity index (χ2n) is 4.00. The highest BCUT2D eigenvalue weighted by molar-refractivity contribution is 5.94. The first-order valence-electron chi connectivity index (χ1n) is 5.84. The van der Waals surface area contributed by atoms with E-state index < -0.39 is 0 Å². The first-order valence-corrected chi connectivity index (χ1v) is 5.84. The Balaban J connectivity index is 2.01. The number of nitrogens with one attached hydrogen (secondary N) is 1. The average Bonchev–Trinajstić information content (AvgIpc) is 2.46. The van der Waals surface area contributed by atoms with Crippen LogP contribution in [0.25, 0.3) is 6.08 Å². The van der Waals surface area contributed by atoms with Crippen molar-refractivity contribution in [1.29, 1.82) is 0 Å². The molecule has 0 atom stereocenters. The molecule has 0 saturated heterocycles. The predicted octanol–water partition coefficient (Wildman–Crippen LogP) is 3.26. The molecule has 0 unspecified atom stereocenters. The highest BCUT2D eigenvalue weighted by Gasteiger charge is 2.04. The molecule has 0 spiro atoms. The summed E-state index contributed by atoms with van der Waals surface area (Å²) in [5.41, 5.74) is 2.69. The molecular formula is C16H15NO. The van der Waals surface area contributed by atoms with Gasteiger partial charge >= 0.3 is 0 Å². The maximum atomic E-state index is 11.9. The Morgan fingerprint density at radius 3 is 2.61 bits per heavy atom. The highest BCUT2D eigenvalue weighted by atomic mass is 16.1. The van der Waals surface area contributed by atoms with Crippen LogP contribution in [0.1, 0.15) is 21.5 Å². The summed E-state index contributed by atoms with van der Waals surface area (Å²) in [6, 6.07) is 17.2. The summed E-state index contributed by atoms with van der Waals surface area (Å²) in [6.45, 7) is 4.23. The van der Waals surface area contributed by atoms with Gasteiger partial charge in [0.25, 0.3) is 5.91 Å². The first-order chi connectivity index (χ1) is 8.79. The lowest BCUT2D eigenvalue weighted by Gasteiger charge is -2.06. The molecule has 0 saturated carbocycles. The minimum atomic E-state index is -0.0671. The van der Waals surface area contributed by atoms with Gasteiger partial charge in [-0.1, -0.05) is 55.1 Å². The van der Waals surface area contributed by atoms with Crippen molar-refractivity contribution in [3.05, 3.63) is 77.9 Å². The van der Waals surface area contributed by atoms with Crippen molar-refractivity contribution in [2.24, 2.45) is 0 Å². The topological polar surface area (TPSA) is 29.1 Å². The Bertz CT molecular complexity index is 546. The van der Waals surface area contributed by atoms with E-state index in [4.69, 9.17) is 0 Å². The first kappa shape index (κ1) is 12.1. The van der Waals surface area contributed by atoms with Crippen LogP contribution in [0.3, 0.4) is 0 Å². The number of hydrogen-bond donors (Lipinski definition) is 1. The number of amides is 1. The monoisotopic (exact) mass is 237 g/mol. The van der Waals surface area contributed by atoms with E-state index in [0.29, 0.717) is 12.1 Å². The van der Waals surface area contributed by atoms with Gasteiger partial charge in [0.2, 0.25) is 0 Å². The van der Waals surface area contributed by atoms with E-state index in [1.807, 2.05) is 48.5 Å². The molecule has 0 heterocycles. The average molecular weight is 237 g/mol. The van der Waals surface area contributed by atoms with Gasteiger partial charge in [-0.3, -0.25) is 4.79 Å². The van der Waals surface area contributed by atoms with Gasteiger partial charge in [0.05, 0.1) is 0 Å². The fourth-order valence-corrected chi connectivity index (χ4v) is 1.69. The van der Waals surface area contributed by atoms with Crippen LogP contribution in [0.15, 0.2) is 61.2 Å². The Labute approximate surface area is 107 Å². The van der Waals surface area contributed by atoms with E-state index in [-0.39, 0.29) is 5.91 Å². The Morgan fingerprint density at radius 1 is 1.11 bits per heavy atom. The summed E-state index contributed by atoms with van der Waals surface area (Å²) in [5.74, 6) is -0.0671. The maximum Gasteiger partial charge on any atom is 0.251 e. The Morgan fingerprint density at radius 2 is 1.89 bits per heavy atom. The number of carbonyl (C=O) groups is 1. The van der Waals surface area contributed by atoms with Gasteiger partial charge in [0.15, 0.2) is 0 Å². The van der Waals surface area contributed by atoms with E-state index in [0.717, 1.165) is 11.1 Å². The van der Waals surface area contributed by atoms with Gasteiger partial charge in [-0.05, 0) is 23.3 Å². The van der Waals surface area contributed by atoms with Crippen molar-refractivity contribution in [1.82, 2.24) is 5.32 Å². The van der Waals surface area contributed by atoms with E-state index >= 15 is 0 Å². The Kier molecular flexibility index (Phi) is 3.92. The van der Waals surface area contributed by atoms with Crippen molar-refractivity contribution >= 4 is 12.0 Å². The third-order valence-corrected chi connectivity index (χ3v) is 2.68. The standard InChI is InChI=1S/C16H15NO/c1-2-13-9-6-10-15(11-13)16(18)17-12-14-7-4-3-5-8-14/h2-11H,1,12H2,(H,17,18). The summed E-state index contributed by atoms with van der Waals surface area (Å²) in [5, 5.41) is 2.89. The second-order valence-corrected chi connectivity index (χ2v) is 4.00. The zero-order valence-corrected chi connectivity index (χ0v) is 10.1. The minimum absolute atomic E-state index is 0.0671. The van der Waals surface area contributed by atoms with E-state index in [1.54, 1.807) is 12.1 Å². The molecule has 90 valence electrons. The molecular weight excluding hydrogens is 222 g/mol. The van der Waals surface area contributed by atoms with Gasteiger partial charge in [-0.2, -0.15) is 0 Å². The SMILES string of the molecule is C=Cc1cccc(C(=O)NCc2ccccc2)c1. The van der Waals surface area contributed by atoms with Crippen LogP contribution in [-0.2, 0) is 6.54 Å². The van der Waals surface area contributed by atoms with Crippen molar-refractivity contribution in [2.75, 3.05) is 0 Å². The van der Waals surface area contributed by atoms with Crippen LogP contribution in [-0.4, -0.2) is 5.91 Å². The predicted molar refractivity (Wildman–Crippen MR) is 74.1 cm³/mol. The number of rotatable bonds is 4. The van der Waals surface area contributed by atoms with Gasteiger partial charge in [0, 0.05) is 12.1 Å². The summed E-state index contributed by atoms with van der Waals surface area (Å²) < 4.78 is 0. The molecule has 2 aromatic carbocycles. The second kappa shape index (κ2) is 5.82. The largest absolute Gasteiger partial charge is 0.348 e. The zero-order valence-electron chi connectivity index (χ0n) is 10.1. The van der Waals surface area contributed by atoms with Crippen LogP contribution < -0.4 is 5.32 Å². The molecule has 0 aliphatic carbocycles. The summed E-state index contributed by atoms with van der Waals surface area (Å²) in [7, 11) is 0. The molecule has 2 nitrogen and oxygen atoms in total. The molecule has 2 heteroatoms. The minimum Gasteiger partial charge on any atom is -0.348 e. The summed E-state index contributed by atoms with van der Waals surface area (Å²) >= 11 is 0. The number of carbonyl (C=O) groups excluding carboxylic acids is 1. The van der Waals surface area contributed by atoms with Crippen LogP contribution in [0, 0.1) is 0 Å². The maximum absolute atomic E-state index is 11.9. The van der Waals surface area contributed by atoms with Crippen molar-refractivity contribution in [3.63, 3.8) is 0 Å². The molecule has 1 N–H and O–H groups in total. The molecule has 0 radical (unpaired) electrons. The molecule has 2 rings (SSSR count). The summed E-state index contributed by atoms with van der Waals surface area (Å²) in [6.07, 6.45) is 1.73. The smallest absolute Gasteiger partial charge is 0.251 e. The van der Waals surface area contributed by atoms with Gasteiger partial charge < -0.3 is 5.32 Å². The number of benzene rings is 2. The molecule has 1 amide bonds. The normalized spacial score (nSPS) is 9.78. The molecule has 0 bridgehead atoms. The molecule has 2 aromatic rings. The Hall–Kier alpha value is -2.35. The van der Waals surface area contributed by atoms with E-state index in [2.05, 4.69) is 11.9 Å². The van der Waals surface area contributed by atoms with Crippen LogP contribution >= 0.6 is 0 Å². The van der Waals surface area contributed by atoms with E-state index in [1.165, 1.54) is 0 Å². The van der Waals surface area contributed by atoms with Crippen molar-refractivity contribution in [3.8, 4) is 0 Å². The molecule has 0 fully saturated rings. The quantitative estimate of drug-likeness (QED) is 0.868. The molecule has 0 aliphatic rings. The van der Waals surface area contributed by atoms with Gasteiger partial charge in [0.1, 0.15) is 0 Å². The van der Waals surface area contributed by atoms with E-state index in [9.17, 15) is 4.79 Å². The van der Waals surface area contributed by atoms with Crippen LogP contribution in [0.2, 0.25) is 0 Å². The third-order valence-electron chi connectivity index (χ3n) is 2.68. The molecule has 18 heavy (non-hydrogen) atoms. The van der Waals surface area contributed by atoms with Crippen molar-refractivity contribution < 1.29 is 4.79 Å². The van der Waals surface area contributed by atoms with Gasteiger partial charge in [-0.25, -0.2) is 0 Å². The molecule has 0 aromatic heterocycles. The van der Waals surface area contributed by atoms with Crippen LogP contribution in [0.4, 0.5) is 0 Å². The molecule has 0 aliphatic heterocycles. The zero-order chi connectivity index (χ0) is 12.8. The van der Waals surface area contributed by atoms with Gasteiger partial charge in [-0.15, -0.1) is 0 Å². The summed E-state index contributed by atoms with van der Waals surface area (Å²) in [4.78, 5) is 11.9. The lowest BCUT2D eigenvalue weighted by molar-refractivity contribution is 0.0951. The lowest BCUT2D eigenvalue weighted by atomic mass is 10.1. The van der Waals surface area contributed by atoms with Crippen molar-refractivity contribution in [2.45, 2.75) is 6.54 Å². The highest BCUT2D eigenvalue weighted by Crippen LogP contribution is 2.07. The lowest BCUT2D eigenvalue weighted by Crippen LogP contribution is -2.22. The fraction of sp³-hybridized carbons (Fsp3) is 0.0625. The van der Waals surface area contributed by atoms with Crippen LogP contribution in [0.5, 0.6) is 0 Å². The number of hydrogen-bond acceptors (Lipinski definition) is 1. The third kappa shape index (κ3) is 3.08. The fourth-order valence-electron chi connectivity index (χ4n) is 1.69.